The van der Waals surface area contributed by atoms with Crippen molar-refractivity contribution in [2.45, 2.75) is 27.0 Å². The third-order valence-electron chi connectivity index (χ3n) is 4.14. The van der Waals surface area contributed by atoms with Crippen molar-refractivity contribution in [1.82, 2.24) is 20.4 Å². The van der Waals surface area contributed by atoms with Gasteiger partial charge in [0.15, 0.2) is 5.11 Å². The highest BCUT2D eigenvalue weighted by molar-refractivity contribution is 7.80. The summed E-state index contributed by atoms with van der Waals surface area (Å²) in [6.07, 6.45) is 0. The number of fused-ring (bicyclic) bond motifs is 1. The topological polar surface area (TPSA) is 80.2 Å². The van der Waals surface area contributed by atoms with Crippen molar-refractivity contribution in [1.29, 1.82) is 0 Å². The van der Waals surface area contributed by atoms with Gasteiger partial charge in [0.25, 0.3) is 5.91 Å². The predicted octanol–water partition coefficient (Wildman–Crippen LogP) is 3.60. The zero-order valence-corrected chi connectivity index (χ0v) is 16.5. The molecule has 3 aromatic rings. The van der Waals surface area contributed by atoms with Gasteiger partial charge in [-0.25, -0.2) is 4.98 Å². The summed E-state index contributed by atoms with van der Waals surface area (Å²) in [7, 11) is 0. The number of amides is 1. The summed E-state index contributed by atoms with van der Waals surface area (Å²) < 4.78 is 30.7. The number of hydrazine groups is 1. The summed E-state index contributed by atoms with van der Waals surface area (Å²) in [6, 6.07) is 11.1. The number of aromatic nitrogens is 2. The largest absolute Gasteiger partial charge is 0.435 e. The molecule has 0 atom stereocenters. The minimum atomic E-state index is -2.88. The average molecular weight is 419 g/mol. The van der Waals surface area contributed by atoms with E-state index in [1.807, 2.05) is 19.9 Å². The van der Waals surface area contributed by atoms with Gasteiger partial charge in [-0.3, -0.25) is 15.6 Å². The summed E-state index contributed by atoms with van der Waals surface area (Å²) in [5.74, 6) is 0.544. The lowest BCUT2D eigenvalue weighted by Gasteiger charge is -2.12. The van der Waals surface area contributed by atoms with Crippen LogP contribution in [0, 0.1) is 6.92 Å². The van der Waals surface area contributed by atoms with Crippen molar-refractivity contribution in [3.8, 4) is 5.75 Å². The van der Waals surface area contributed by atoms with Gasteiger partial charge in [-0.05, 0) is 68.5 Å². The maximum absolute atomic E-state index is 12.4. The Hall–Kier alpha value is -3.27. The van der Waals surface area contributed by atoms with Crippen LogP contribution >= 0.6 is 12.2 Å². The van der Waals surface area contributed by atoms with Crippen LogP contribution in [-0.4, -0.2) is 27.2 Å². The molecule has 3 N–H and O–H groups in total. The zero-order valence-electron chi connectivity index (χ0n) is 15.7. The minimum Gasteiger partial charge on any atom is -0.435 e. The highest BCUT2D eigenvalue weighted by atomic mass is 32.1. The predicted molar refractivity (Wildman–Crippen MR) is 110 cm³/mol. The maximum atomic E-state index is 12.4. The van der Waals surface area contributed by atoms with Gasteiger partial charge in [-0.2, -0.15) is 8.78 Å². The molecule has 1 heterocycles. The number of anilines is 1. The van der Waals surface area contributed by atoms with Crippen LogP contribution in [0.2, 0.25) is 0 Å². The van der Waals surface area contributed by atoms with E-state index in [0.717, 1.165) is 23.4 Å². The van der Waals surface area contributed by atoms with Crippen molar-refractivity contribution >= 4 is 40.0 Å². The molecule has 2 aromatic carbocycles. The number of benzene rings is 2. The van der Waals surface area contributed by atoms with E-state index in [1.54, 1.807) is 12.1 Å². The summed E-state index contributed by atoms with van der Waals surface area (Å²) in [4.78, 5) is 16.8. The number of carbonyl (C=O) groups excluding carboxylic acids is 1. The highest BCUT2D eigenvalue weighted by Crippen LogP contribution is 2.18. The minimum absolute atomic E-state index is 0.0360. The Balaban J connectivity index is 1.57. The molecule has 0 aliphatic carbocycles. The van der Waals surface area contributed by atoms with E-state index >= 15 is 0 Å². The normalized spacial score (nSPS) is 10.8. The smallest absolute Gasteiger partial charge is 0.387 e. The van der Waals surface area contributed by atoms with Crippen molar-refractivity contribution in [3.05, 3.63) is 53.9 Å². The molecule has 0 aliphatic heterocycles. The second-order valence-corrected chi connectivity index (χ2v) is 6.45. The summed E-state index contributed by atoms with van der Waals surface area (Å²) >= 11 is 5.12. The van der Waals surface area contributed by atoms with Crippen LogP contribution < -0.4 is 20.9 Å². The fourth-order valence-corrected chi connectivity index (χ4v) is 3.03. The number of halogens is 2. The third kappa shape index (κ3) is 4.96. The molecule has 29 heavy (non-hydrogen) atoms. The molecule has 0 bridgehead atoms. The third-order valence-corrected chi connectivity index (χ3v) is 4.35. The summed E-state index contributed by atoms with van der Waals surface area (Å²) in [5, 5.41) is 2.96. The number of alkyl halides is 2. The molecular formula is C19H19F2N5O2S. The highest BCUT2D eigenvalue weighted by Gasteiger charge is 2.11. The van der Waals surface area contributed by atoms with E-state index < -0.39 is 6.61 Å². The summed E-state index contributed by atoms with van der Waals surface area (Å²) in [5.41, 5.74) is 7.78. The molecule has 3 rings (SSSR count). The van der Waals surface area contributed by atoms with Gasteiger partial charge in [-0.15, -0.1) is 0 Å². The first-order chi connectivity index (χ1) is 13.9. The lowest BCUT2D eigenvalue weighted by Crippen LogP contribution is -2.43. The molecule has 1 amide bonds. The van der Waals surface area contributed by atoms with E-state index in [-0.39, 0.29) is 16.8 Å². The first kappa shape index (κ1) is 20.5. The molecule has 0 radical (unpaired) electrons. The molecular weight excluding hydrogens is 400 g/mol. The molecule has 0 spiro atoms. The van der Waals surface area contributed by atoms with Gasteiger partial charge in [0.05, 0.1) is 11.0 Å². The second kappa shape index (κ2) is 8.82. The van der Waals surface area contributed by atoms with E-state index in [9.17, 15) is 13.6 Å². The van der Waals surface area contributed by atoms with Crippen LogP contribution in [0.15, 0.2) is 42.5 Å². The van der Waals surface area contributed by atoms with Gasteiger partial charge in [0, 0.05) is 17.8 Å². The van der Waals surface area contributed by atoms with Crippen LogP contribution in [0.4, 0.5) is 14.5 Å². The average Bonchev–Trinajstić information content (AvgIpc) is 3.01. The van der Waals surface area contributed by atoms with Crippen LogP contribution in [0.1, 0.15) is 23.1 Å². The standard InChI is InChI=1S/C19H19F2N5O2S/c1-3-26-11(2)22-15-10-12(4-9-16(15)26)17(27)24-25-19(29)23-13-5-7-14(8-6-13)28-18(20)21/h4-10,18H,3H2,1-2H3,(H,24,27)(H2,23,25,29). The Labute approximate surface area is 171 Å². The number of nitrogens with zero attached hydrogens (tertiary/aromatic N) is 2. The number of carbonyl (C=O) groups is 1. The van der Waals surface area contributed by atoms with Gasteiger partial charge < -0.3 is 14.6 Å². The lowest BCUT2D eigenvalue weighted by atomic mass is 10.2. The second-order valence-electron chi connectivity index (χ2n) is 6.04. The van der Waals surface area contributed by atoms with Crippen LogP contribution in [0.5, 0.6) is 5.75 Å². The molecule has 0 aliphatic rings. The monoisotopic (exact) mass is 419 g/mol. The van der Waals surface area contributed by atoms with Gasteiger partial charge in [-0.1, -0.05) is 0 Å². The number of nitrogens with one attached hydrogen (secondary N) is 3. The van der Waals surface area contributed by atoms with Crippen molar-refractivity contribution in [3.63, 3.8) is 0 Å². The lowest BCUT2D eigenvalue weighted by molar-refractivity contribution is -0.0498. The Morgan fingerprint density at radius 3 is 2.59 bits per heavy atom. The molecule has 0 fully saturated rings. The van der Waals surface area contributed by atoms with Crippen LogP contribution in [-0.2, 0) is 6.54 Å². The Morgan fingerprint density at radius 1 is 1.21 bits per heavy atom. The Morgan fingerprint density at radius 2 is 1.93 bits per heavy atom. The molecule has 0 saturated heterocycles. The van der Waals surface area contributed by atoms with Crippen LogP contribution in [0.3, 0.4) is 0 Å². The number of imidazole rings is 1. The van der Waals surface area contributed by atoms with E-state index in [1.165, 1.54) is 24.3 Å². The van der Waals surface area contributed by atoms with Gasteiger partial charge in [0.1, 0.15) is 11.6 Å². The molecule has 0 unspecified atom stereocenters. The number of thiocarbonyl (C=S) groups is 1. The number of hydrogen-bond donors (Lipinski definition) is 3. The molecule has 10 heteroatoms. The Bertz CT molecular complexity index is 1040. The zero-order chi connectivity index (χ0) is 21.0. The fraction of sp³-hybridized carbons (Fsp3) is 0.211. The number of hydrogen-bond acceptors (Lipinski definition) is 4. The van der Waals surface area contributed by atoms with Crippen molar-refractivity contribution < 1.29 is 18.3 Å². The molecule has 0 saturated carbocycles. The van der Waals surface area contributed by atoms with Gasteiger partial charge >= 0.3 is 6.61 Å². The van der Waals surface area contributed by atoms with Crippen molar-refractivity contribution in [2.24, 2.45) is 0 Å². The number of aryl methyl sites for hydroxylation is 2. The number of ether oxygens (including phenoxy) is 1. The number of rotatable bonds is 5. The first-order valence-electron chi connectivity index (χ1n) is 8.76. The summed E-state index contributed by atoms with van der Waals surface area (Å²) in [6.45, 7) is 1.86. The SMILES string of the molecule is CCn1c(C)nc2cc(C(=O)NNC(=S)Nc3ccc(OC(F)F)cc3)ccc21. The fourth-order valence-electron chi connectivity index (χ4n) is 2.86. The molecule has 1 aromatic heterocycles. The van der Waals surface area contributed by atoms with E-state index in [0.29, 0.717) is 11.3 Å². The quantitative estimate of drug-likeness (QED) is 0.433. The van der Waals surface area contributed by atoms with Crippen molar-refractivity contribution in [2.75, 3.05) is 5.32 Å². The first-order valence-corrected chi connectivity index (χ1v) is 9.17. The molecule has 7 nitrogen and oxygen atoms in total. The van der Waals surface area contributed by atoms with Crippen LogP contribution in [0.25, 0.3) is 11.0 Å². The van der Waals surface area contributed by atoms with Gasteiger partial charge in [0.2, 0.25) is 0 Å². The van der Waals surface area contributed by atoms with E-state index in [4.69, 9.17) is 12.2 Å². The Kier molecular flexibility index (Phi) is 6.23. The van der Waals surface area contributed by atoms with E-state index in [2.05, 4.69) is 30.5 Å². The maximum Gasteiger partial charge on any atom is 0.387 e. The molecule has 152 valence electrons.